The predicted octanol–water partition coefficient (Wildman–Crippen LogP) is 15.0. The molecule has 1 unspecified atom stereocenters. The molecule has 0 heterocycles. The fourth-order valence-corrected chi connectivity index (χ4v) is 8.78. The van der Waals surface area contributed by atoms with Gasteiger partial charge in [0.15, 0.2) is 0 Å². The highest BCUT2D eigenvalue weighted by Crippen LogP contribution is 2.20. The molecule has 0 aromatic rings. The van der Waals surface area contributed by atoms with Crippen LogP contribution in [0.25, 0.3) is 0 Å². The Morgan fingerprint density at radius 3 is 1.19 bits per heavy atom. The lowest BCUT2D eigenvalue weighted by Gasteiger charge is -2.18. The smallest absolute Gasteiger partial charge is 0.309 e. The van der Waals surface area contributed by atoms with Crippen LogP contribution in [0.4, 0.5) is 0 Å². The molecule has 0 aliphatic rings. The van der Waals surface area contributed by atoms with Crippen molar-refractivity contribution in [3.8, 4) is 0 Å². The zero-order valence-corrected chi connectivity index (χ0v) is 40.9. The summed E-state index contributed by atoms with van der Waals surface area (Å²) in [6.07, 6.45) is 39.4. The maximum Gasteiger partial charge on any atom is 0.309 e. The Morgan fingerprint density at radius 2 is 0.814 bits per heavy atom. The number of nitrogens with zero attached hydrogens (tertiary/aromatic N) is 1. The normalized spacial score (nSPS) is 12.2. The van der Waals surface area contributed by atoms with Crippen LogP contribution in [-0.2, 0) is 28.6 Å². The summed E-state index contributed by atoms with van der Waals surface area (Å²) in [4.78, 5) is 39.8. The maximum atomic E-state index is 13.0. The molecule has 0 rings (SSSR count). The molecular formula is C51H99NO6S. The molecular weight excluding hydrogens is 755 g/mol. The third-order valence-electron chi connectivity index (χ3n) is 11.6. The van der Waals surface area contributed by atoms with Gasteiger partial charge in [-0.2, -0.15) is 11.8 Å². The summed E-state index contributed by atoms with van der Waals surface area (Å²) in [6, 6.07) is 0. The molecule has 0 bridgehead atoms. The molecule has 8 heteroatoms. The maximum absolute atomic E-state index is 13.0. The van der Waals surface area contributed by atoms with Gasteiger partial charge in [0.2, 0.25) is 0 Å². The number of unbranched alkanes of at least 4 members (excludes halogenated alkanes) is 22. The van der Waals surface area contributed by atoms with E-state index in [2.05, 4.69) is 46.7 Å². The Hall–Kier alpha value is -1.28. The Kier molecular flexibility index (Phi) is 43.8. The van der Waals surface area contributed by atoms with Crippen molar-refractivity contribution in [1.29, 1.82) is 0 Å². The lowest BCUT2D eigenvalue weighted by Crippen LogP contribution is -2.25. The van der Waals surface area contributed by atoms with Crippen LogP contribution in [0.2, 0.25) is 0 Å². The molecule has 0 amide bonds. The summed E-state index contributed by atoms with van der Waals surface area (Å²) in [6.45, 7) is 10.2. The first-order valence-corrected chi connectivity index (χ1v) is 26.7. The average Bonchev–Trinajstić information content (AvgIpc) is 3.22. The molecule has 59 heavy (non-hydrogen) atoms. The van der Waals surface area contributed by atoms with Gasteiger partial charge in [-0.3, -0.25) is 14.4 Å². The van der Waals surface area contributed by atoms with Gasteiger partial charge in [0, 0.05) is 18.6 Å². The summed E-state index contributed by atoms with van der Waals surface area (Å²) in [5.41, 5.74) is 0. The minimum atomic E-state index is -0.0132. The van der Waals surface area contributed by atoms with Crippen molar-refractivity contribution in [2.24, 2.45) is 5.92 Å². The van der Waals surface area contributed by atoms with Crippen molar-refractivity contribution in [1.82, 2.24) is 4.90 Å². The van der Waals surface area contributed by atoms with Gasteiger partial charge in [-0.25, -0.2) is 0 Å². The third-order valence-corrected chi connectivity index (χ3v) is 12.8. The summed E-state index contributed by atoms with van der Waals surface area (Å²) in [7, 11) is 4.15. The second-order valence-corrected chi connectivity index (χ2v) is 19.0. The molecule has 0 radical (unpaired) electrons. The molecule has 1 atom stereocenters. The molecule has 350 valence electrons. The zero-order valence-electron chi connectivity index (χ0n) is 40.1. The van der Waals surface area contributed by atoms with Crippen LogP contribution in [0, 0.1) is 5.92 Å². The van der Waals surface area contributed by atoms with Crippen LogP contribution in [-0.4, -0.2) is 73.8 Å². The first-order valence-electron chi connectivity index (χ1n) is 25.5. The average molecular weight is 854 g/mol. The lowest BCUT2D eigenvalue weighted by atomic mass is 10.1. The number of rotatable bonds is 46. The van der Waals surface area contributed by atoms with Crippen LogP contribution < -0.4 is 0 Å². The number of carbonyl (C=O) groups is 3. The highest BCUT2D eigenvalue weighted by Gasteiger charge is 2.20. The third kappa shape index (κ3) is 40.5. The molecule has 0 aliphatic heterocycles. The van der Waals surface area contributed by atoms with Crippen LogP contribution in [0.5, 0.6) is 0 Å². The fraction of sp³-hybridized carbons (Fsp3) is 0.941. The number of esters is 3. The van der Waals surface area contributed by atoms with E-state index in [4.69, 9.17) is 14.2 Å². The predicted molar refractivity (Wildman–Crippen MR) is 254 cm³/mol. The molecule has 0 N–H and O–H groups in total. The lowest BCUT2D eigenvalue weighted by molar-refractivity contribution is -0.151. The minimum Gasteiger partial charge on any atom is -0.465 e. The second-order valence-electron chi connectivity index (χ2n) is 17.9. The van der Waals surface area contributed by atoms with Crippen molar-refractivity contribution in [2.75, 3.05) is 38.8 Å². The summed E-state index contributed by atoms with van der Waals surface area (Å²) >= 11 is 1.93. The number of ether oxygens (including phenoxy) is 3. The van der Waals surface area contributed by atoms with Gasteiger partial charge >= 0.3 is 17.9 Å². The quantitative estimate of drug-likeness (QED) is 0.0340. The number of hydrogen-bond acceptors (Lipinski definition) is 8. The second kappa shape index (κ2) is 44.8. The largest absolute Gasteiger partial charge is 0.465 e. The van der Waals surface area contributed by atoms with E-state index >= 15 is 0 Å². The monoisotopic (exact) mass is 854 g/mol. The SMILES string of the molecule is CCCCC(CCCC)OC(=O)CCCCCCCCCCCCOC(=O)C(CCN(C)C)CSCCCCCCCCCCCCC(=O)OC(CCCC)CCCC. The van der Waals surface area contributed by atoms with Crippen LogP contribution in [0.3, 0.4) is 0 Å². The van der Waals surface area contributed by atoms with Gasteiger partial charge in [-0.15, -0.1) is 0 Å². The molecule has 0 aromatic heterocycles. The first kappa shape index (κ1) is 57.7. The van der Waals surface area contributed by atoms with Gasteiger partial charge in [0.05, 0.1) is 12.5 Å². The van der Waals surface area contributed by atoms with Crippen LogP contribution >= 0.6 is 11.8 Å². The van der Waals surface area contributed by atoms with E-state index in [9.17, 15) is 14.4 Å². The summed E-state index contributed by atoms with van der Waals surface area (Å²) < 4.78 is 17.4. The minimum absolute atomic E-state index is 0.00111. The highest BCUT2D eigenvalue weighted by molar-refractivity contribution is 7.99. The van der Waals surface area contributed by atoms with E-state index < -0.39 is 0 Å². The molecule has 0 aliphatic carbocycles. The van der Waals surface area contributed by atoms with E-state index in [1.807, 2.05) is 11.8 Å². The van der Waals surface area contributed by atoms with E-state index in [0.29, 0.717) is 19.4 Å². The standard InChI is InChI=1S/C51H99NO6S/c1-7-11-35-47(36-12-8-2)57-49(53)39-31-27-23-19-15-17-21-25-29-33-43-56-51(55)46(41-42-52(5)6)45-59-44-34-30-26-22-18-16-20-24-28-32-40-50(54)58-48(37-13-9-3)38-14-10-4/h46-48H,7-45H2,1-6H3. The van der Waals surface area contributed by atoms with Gasteiger partial charge in [0.25, 0.3) is 0 Å². The van der Waals surface area contributed by atoms with Crippen molar-refractivity contribution in [2.45, 2.75) is 265 Å². The highest BCUT2D eigenvalue weighted by atomic mass is 32.2. The van der Waals surface area contributed by atoms with Crippen molar-refractivity contribution in [3.63, 3.8) is 0 Å². The zero-order chi connectivity index (χ0) is 43.4. The van der Waals surface area contributed by atoms with E-state index in [-0.39, 0.29) is 36.0 Å². The first-order chi connectivity index (χ1) is 28.8. The van der Waals surface area contributed by atoms with Crippen molar-refractivity contribution >= 4 is 29.7 Å². The molecule has 0 fully saturated rings. The van der Waals surface area contributed by atoms with Crippen molar-refractivity contribution in [3.05, 3.63) is 0 Å². The van der Waals surface area contributed by atoms with E-state index in [1.165, 1.54) is 89.9 Å². The number of carbonyl (C=O) groups excluding carboxylic acids is 3. The Bertz CT molecular complexity index is 916. The van der Waals surface area contributed by atoms with Crippen LogP contribution in [0.15, 0.2) is 0 Å². The molecule has 0 spiro atoms. The Balaban J connectivity index is 3.85. The van der Waals surface area contributed by atoms with Gasteiger partial charge in [-0.05, 0) is 84.2 Å². The van der Waals surface area contributed by atoms with E-state index in [1.54, 1.807) is 0 Å². The van der Waals surface area contributed by atoms with Crippen molar-refractivity contribution < 1.29 is 28.6 Å². The molecule has 0 saturated carbocycles. The van der Waals surface area contributed by atoms with E-state index in [0.717, 1.165) is 140 Å². The molecule has 0 aromatic carbocycles. The van der Waals surface area contributed by atoms with Gasteiger partial charge in [0.1, 0.15) is 12.2 Å². The summed E-state index contributed by atoms with van der Waals surface area (Å²) in [5.74, 6) is 1.99. The summed E-state index contributed by atoms with van der Waals surface area (Å²) in [5, 5.41) is 0. The van der Waals surface area contributed by atoms with Crippen LogP contribution in [0.1, 0.15) is 252 Å². The Morgan fingerprint density at radius 1 is 0.458 bits per heavy atom. The Labute approximate surface area is 371 Å². The number of hydrogen-bond donors (Lipinski definition) is 0. The van der Waals surface area contributed by atoms with Gasteiger partial charge < -0.3 is 19.1 Å². The number of thioether (sulfide) groups is 1. The molecule has 0 saturated heterocycles. The molecule has 7 nitrogen and oxygen atoms in total. The fourth-order valence-electron chi connectivity index (χ4n) is 7.61. The van der Waals surface area contributed by atoms with Gasteiger partial charge in [-0.1, -0.05) is 182 Å². The topological polar surface area (TPSA) is 82.1 Å².